The largest absolute Gasteiger partial charge is 0.448 e. The summed E-state index contributed by atoms with van der Waals surface area (Å²) in [6, 6.07) is 12.1. The molecule has 0 spiro atoms. The van der Waals surface area contributed by atoms with Crippen molar-refractivity contribution in [1.29, 1.82) is 0 Å². The van der Waals surface area contributed by atoms with Crippen LogP contribution in [0.3, 0.4) is 0 Å². The third-order valence-electron chi connectivity index (χ3n) is 6.00. The van der Waals surface area contributed by atoms with Gasteiger partial charge >= 0.3 is 0 Å². The molecular weight excluding hydrogens is 390 g/mol. The Morgan fingerprint density at radius 3 is 2.45 bits per heavy atom. The van der Waals surface area contributed by atoms with Crippen LogP contribution in [0.5, 0.6) is 0 Å². The van der Waals surface area contributed by atoms with Crippen LogP contribution in [0.25, 0.3) is 11.1 Å². The molecule has 1 fully saturated rings. The highest BCUT2D eigenvalue weighted by atomic mass is 16.3. The standard InChI is InChI=1S/C25H31N3O3/c1-17-6-8-19(9-7-17)16-28-21(14-20-10-13-31-23(20)28)22(29)26-11-12-27(18(2)15-26)24(30)25(3,4)5/h6-10,13-14,18H,11-12,15-16H2,1-5H3/t18-/m0/s1. The van der Waals surface area contributed by atoms with E-state index in [-0.39, 0.29) is 17.9 Å². The van der Waals surface area contributed by atoms with E-state index in [4.69, 9.17) is 4.42 Å². The minimum Gasteiger partial charge on any atom is -0.448 e. The molecule has 1 atom stereocenters. The van der Waals surface area contributed by atoms with Crippen LogP contribution in [0.15, 0.2) is 47.1 Å². The number of rotatable bonds is 3. The molecule has 31 heavy (non-hydrogen) atoms. The number of aryl methyl sites for hydroxylation is 1. The summed E-state index contributed by atoms with van der Waals surface area (Å²) in [7, 11) is 0. The Morgan fingerprint density at radius 2 is 1.81 bits per heavy atom. The molecule has 1 aliphatic heterocycles. The number of carbonyl (C=O) groups is 2. The molecular formula is C25H31N3O3. The van der Waals surface area contributed by atoms with E-state index in [9.17, 15) is 9.59 Å². The van der Waals surface area contributed by atoms with Crippen molar-refractivity contribution in [3.8, 4) is 0 Å². The highest BCUT2D eigenvalue weighted by Crippen LogP contribution is 2.26. The first-order chi connectivity index (χ1) is 14.6. The van der Waals surface area contributed by atoms with E-state index in [1.165, 1.54) is 5.56 Å². The van der Waals surface area contributed by atoms with Crippen LogP contribution in [0.4, 0.5) is 0 Å². The molecule has 0 saturated carbocycles. The average molecular weight is 422 g/mol. The highest BCUT2D eigenvalue weighted by Gasteiger charge is 2.35. The Bertz CT molecular complexity index is 1100. The fourth-order valence-electron chi connectivity index (χ4n) is 4.22. The number of hydrogen-bond donors (Lipinski definition) is 0. The molecule has 6 heteroatoms. The summed E-state index contributed by atoms with van der Waals surface area (Å²) in [6.45, 7) is 12.1. The van der Waals surface area contributed by atoms with Gasteiger partial charge in [0.1, 0.15) is 5.69 Å². The number of nitrogens with zero attached hydrogens (tertiary/aromatic N) is 3. The quantitative estimate of drug-likeness (QED) is 0.633. The predicted octanol–water partition coefficient (Wildman–Crippen LogP) is 4.31. The number of carbonyl (C=O) groups excluding carboxylic acids is 2. The Balaban J connectivity index is 1.58. The molecule has 0 aliphatic carbocycles. The summed E-state index contributed by atoms with van der Waals surface area (Å²) in [5.74, 6) is 0.112. The van der Waals surface area contributed by atoms with Crippen LogP contribution in [-0.4, -0.2) is 51.9 Å². The predicted molar refractivity (Wildman–Crippen MR) is 121 cm³/mol. The van der Waals surface area contributed by atoms with Crippen molar-refractivity contribution in [2.45, 2.75) is 47.2 Å². The van der Waals surface area contributed by atoms with E-state index in [2.05, 4.69) is 31.2 Å². The Labute approximate surface area is 183 Å². The molecule has 1 aliphatic rings. The van der Waals surface area contributed by atoms with Gasteiger partial charge in [-0.25, -0.2) is 0 Å². The molecule has 0 radical (unpaired) electrons. The average Bonchev–Trinajstić information content (AvgIpc) is 3.30. The highest BCUT2D eigenvalue weighted by molar-refractivity contribution is 5.98. The van der Waals surface area contributed by atoms with Gasteiger partial charge in [-0.15, -0.1) is 0 Å². The van der Waals surface area contributed by atoms with Gasteiger partial charge < -0.3 is 18.8 Å². The first-order valence-electron chi connectivity index (χ1n) is 10.9. The Morgan fingerprint density at radius 1 is 1.10 bits per heavy atom. The maximum atomic E-state index is 13.5. The minimum atomic E-state index is -0.423. The van der Waals surface area contributed by atoms with Crippen molar-refractivity contribution in [1.82, 2.24) is 14.4 Å². The Hall–Kier alpha value is -3.02. The smallest absolute Gasteiger partial charge is 0.270 e. The Kier molecular flexibility index (Phi) is 5.42. The van der Waals surface area contributed by atoms with Gasteiger partial charge in [-0.2, -0.15) is 0 Å². The van der Waals surface area contributed by atoms with Gasteiger partial charge in [-0.1, -0.05) is 50.6 Å². The topological polar surface area (TPSA) is 58.7 Å². The van der Waals surface area contributed by atoms with E-state index in [0.29, 0.717) is 37.6 Å². The maximum absolute atomic E-state index is 13.5. The van der Waals surface area contributed by atoms with Crippen LogP contribution < -0.4 is 0 Å². The zero-order valence-electron chi connectivity index (χ0n) is 19.0. The van der Waals surface area contributed by atoms with Crippen LogP contribution >= 0.6 is 0 Å². The second-order valence-electron chi connectivity index (χ2n) is 9.63. The van der Waals surface area contributed by atoms with Gasteiger partial charge in [0, 0.05) is 36.5 Å². The summed E-state index contributed by atoms with van der Waals surface area (Å²) >= 11 is 0. The summed E-state index contributed by atoms with van der Waals surface area (Å²) in [6.07, 6.45) is 1.66. The number of piperazine rings is 1. The zero-order chi connectivity index (χ0) is 22.3. The molecule has 1 aromatic carbocycles. The van der Waals surface area contributed by atoms with Gasteiger partial charge in [0.2, 0.25) is 11.6 Å². The summed E-state index contributed by atoms with van der Waals surface area (Å²) in [4.78, 5) is 30.0. The number of benzene rings is 1. The first kappa shape index (κ1) is 21.2. The third kappa shape index (κ3) is 4.11. The van der Waals surface area contributed by atoms with Crippen LogP contribution in [0.1, 0.15) is 49.3 Å². The SMILES string of the molecule is Cc1ccc(Cn2c(C(=O)N3CCN(C(=O)C(C)(C)C)[C@@H](C)C3)cc3ccoc32)cc1. The molecule has 164 valence electrons. The molecule has 6 nitrogen and oxygen atoms in total. The van der Waals surface area contributed by atoms with Gasteiger partial charge in [-0.05, 0) is 31.5 Å². The van der Waals surface area contributed by atoms with E-state index in [1.807, 2.05) is 54.2 Å². The van der Waals surface area contributed by atoms with Crippen molar-refractivity contribution in [3.05, 3.63) is 59.5 Å². The van der Waals surface area contributed by atoms with Gasteiger partial charge in [0.15, 0.2) is 0 Å². The zero-order valence-corrected chi connectivity index (χ0v) is 19.0. The summed E-state index contributed by atoms with van der Waals surface area (Å²) < 4.78 is 7.67. The van der Waals surface area contributed by atoms with E-state index in [0.717, 1.165) is 10.9 Å². The number of furan rings is 1. The van der Waals surface area contributed by atoms with Crippen LogP contribution in [0.2, 0.25) is 0 Å². The van der Waals surface area contributed by atoms with Crippen molar-refractivity contribution in [2.24, 2.45) is 5.41 Å². The summed E-state index contributed by atoms with van der Waals surface area (Å²) in [5.41, 5.74) is 3.22. The fourth-order valence-corrected chi connectivity index (χ4v) is 4.22. The minimum absolute atomic E-state index is 0.0202. The number of aromatic nitrogens is 1. The maximum Gasteiger partial charge on any atom is 0.270 e. The molecule has 1 saturated heterocycles. The van der Waals surface area contributed by atoms with Crippen molar-refractivity contribution < 1.29 is 14.0 Å². The number of fused-ring (bicyclic) bond motifs is 1. The van der Waals surface area contributed by atoms with Crippen LogP contribution in [-0.2, 0) is 11.3 Å². The fraction of sp³-hybridized carbons (Fsp3) is 0.440. The second-order valence-corrected chi connectivity index (χ2v) is 9.63. The molecule has 2 aromatic heterocycles. The van der Waals surface area contributed by atoms with E-state index < -0.39 is 5.41 Å². The lowest BCUT2D eigenvalue weighted by Crippen LogP contribution is -2.57. The van der Waals surface area contributed by atoms with Gasteiger partial charge in [0.05, 0.1) is 12.8 Å². The number of amides is 2. The molecule has 0 bridgehead atoms. The van der Waals surface area contributed by atoms with E-state index >= 15 is 0 Å². The van der Waals surface area contributed by atoms with E-state index in [1.54, 1.807) is 6.26 Å². The molecule has 4 rings (SSSR count). The lowest BCUT2D eigenvalue weighted by Gasteiger charge is -2.42. The van der Waals surface area contributed by atoms with Crippen molar-refractivity contribution >= 4 is 22.9 Å². The van der Waals surface area contributed by atoms with Crippen molar-refractivity contribution in [3.63, 3.8) is 0 Å². The normalized spacial score (nSPS) is 17.4. The molecule has 2 amide bonds. The van der Waals surface area contributed by atoms with Crippen molar-refractivity contribution in [2.75, 3.05) is 19.6 Å². The first-order valence-corrected chi connectivity index (χ1v) is 10.9. The van der Waals surface area contributed by atoms with Gasteiger partial charge in [0.25, 0.3) is 5.91 Å². The monoisotopic (exact) mass is 421 g/mol. The molecule has 0 unspecified atom stereocenters. The van der Waals surface area contributed by atoms with Crippen LogP contribution in [0, 0.1) is 12.3 Å². The molecule has 0 N–H and O–H groups in total. The lowest BCUT2D eigenvalue weighted by atomic mass is 9.93. The third-order valence-corrected chi connectivity index (χ3v) is 6.00. The molecule has 3 aromatic rings. The summed E-state index contributed by atoms with van der Waals surface area (Å²) in [5, 5.41) is 0.921. The van der Waals surface area contributed by atoms with Gasteiger partial charge in [-0.3, -0.25) is 9.59 Å². The molecule has 3 heterocycles. The number of hydrogen-bond acceptors (Lipinski definition) is 3. The lowest BCUT2D eigenvalue weighted by molar-refractivity contribution is -0.143. The second kappa shape index (κ2) is 7.91.